The van der Waals surface area contributed by atoms with E-state index in [-0.39, 0.29) is 22.5 Å². The molecule has 0 atom stereocenters. The lowest BCUT2D eigenvalue weighted by atomic mass is 10.2. The first-order chi connectivity index (χ1) is 10.0. The van der Waals surface area contributed by atoms with Crippen LogP contribution in [0.1, 0.15) is 0 Å². The van der Waals surface area contributed by atoms with Gasteiger partial charge in [-0.3, -0.25) is 0 Å². The molecule has 0 aliphatic heterocycles. The maximum atomic E-state index is 13.0. The molecule has 7 heteroatoms. The number of hydrogen-bond donors (Lipinski definition) is 2. The van der Waals surface area contributed by atoms with Crippen LogP contribution in [0.15, 0.2) is 40.9 Å². The molecule has 0 aliphatic rings. The molecule has 106 valence electrons. The number of nitrogens with two attached hydrogens (primary N) is 1. The summed E-state index contributed by atoms with van der Waals surface area (Å²) in [7, 11) is 0. The fraction of sp³-hybridized carbons (Fsp3) is 0. The number of aromatic hydroxyl groups is 1. The molecule has 0 radical (unpaired) electrons. The van der Waals surface area contributed by atoms with Crippen molar-refractivity contribution < 1.29 is 14.0 Å². The third-order valence-corrected chi connectivity index (χ3v) is 3.16. The van der Waals surface area contributed by atoms with Crippen LogP contribution in [0.2, 0.25) is 5.02 Å². The first-order valence-electron chi connectivity index (χ1n) is 5.92. The Bertz CT molecular complexity index is 754. The fourth-order valence-electron chi connectivity index (χ4n) is 1.84. The summed E-state index contributed by atoms with van der Waals surface area (Å²) < 4.78 is 18.1. The summed E-state index contributed by atoms with van der Waals surface area (Å²) in [4.78, 5) is 4.15. The van der Waals surface area contributed by atoms with Crippen LogP contribution in [0.3, 0.4) is 0 Å². The van der Waals surface area contributed by atoms with Gasteiger partial charge in [0.05, 0.1) is 10.6 Å². The molecular weight excluding hydrogens is 297 g/mol. The highest BCUT2D eigenvalue weighted by Crippen LogP contribution is 2.32. The summed E-state index contributed by atoms with van der Waals surface area (Å²) in [5.41, 5.74) is 6.75. The van der Waals surface area contributed by atoms with Gasteiger partial charge in [0.2, 0.25) is 5.82 Å². The highest BCUT2D eigenvalue weighted by Gasteiger charge is 2.16. The van der Waals surface area contributed by atoms with Crippen LogP contribution in [0.5, 0.6) is 5.75 Å². The van der Waals surface area contributed by atoms with Crippen molar-refractivity contribution in [2.24, 2.45) is 0 Å². The molecule has 1 aromatic heterocycles. The molecule has 0 amide bonds. The van der Waals surface area contributed by atoms with Crippen LogP contribution in [-0.2, 0) is 0 Å². The van der Waals surface area contributed by atoms with Crippen molar-refractivity contribution in [3.05, 3.63) is 47.2 Å². The van der Waals surface area contributed by atoms with Crippen LogP contribution >= 0.6 is 11.6 Å². The van der Waals surface area contributed by atoms with Crippen molar-refractivity contribution >= 4 is 17.3 Å². The van der Waals surface area contributed by atoms with Gasteiger partial charge in [-0.15, -0.1) is 0 Å². The zero-order valence-electron chi connectivity index (χ0n) is 10.5. The number of phenolic OH excluding ortho intramolecular Hbond substituents is 1. The van der Waals surface area contributed by atoms with E-state index in [0.717, 1.165) is 6.07 Å². The molecule has 0 fully saturated rings. The first-order valence-corrected chi connectivity index (χ1v) is 6.30. The lowest BCUT2D eigenvalue weighted by molar-refractivity contribution is 0.426. The summed E-state index contributed by atoms with van der Waals surface area (Å²) >= 11 is 5.94. The van der Waals surface area contributed by atoms with Crippen molar-refractivity contribution in [3.8, 4) is 28.6 Å². The Kier molecular flexibility index (Phi) is 3.23. The van der Waals surface area contributed by atoms with Crippen LogP contribution < -0.4 is 5.73 Å². The Balaban J connectivity index is 2.03. The molecule has 0 saturated carbocycles. The van der Waals surface area contributed by atoms with E-state index in [1.54, 1.807) is 12.1 Å². The number of benzene rings is 2. The number of phenols is 1. The lowest BCUT2D eigenvalue weighted by Crippen LogP contribution is -1.86. The second-order valence-electron chi connectivity index (χ2n) is 4.32. The van der Waals surface area contributed by atoms with Gasteiger partial charge >= 0.3 is 0 Å². The molecule has 0 aliphatic carbocycles. The Morgan fingerprint density at radius 1 is 1.14 bits per heavy atom. The SMILES string of the molecule is Nc1ccc(-c2nc(-c3ccc(F)cc3Cl)no2)c(O)c1. The van der Waals surface area contributed by atoms with Gasteiger partial charge in [0.1, 0.15) is 11.6 Å². The van der Waals surface area contributed by atoms with Crippen LogP contribution in [0.25, 0.3) is 22.8 Å². The summed E-state index contributed by atoms with van der Waals surface area (Å²) in [5.74, 6) is -0.215. The summed E-state index contributed by atoms with van der Waals surface area (Å²) in [6.07, 6.45) is 0. The van der Waals surface area contributed by atoms with Crippen molar-refractivity contribution in [2.75, 3.05) is 5.73 Å². The number of nitrogen functional groups attached to an aromatic ring is 1. The molecule has 5 nitrogen and oxygen atoms in total. The van der Waals surface area contributed by atoms with Crippen LogP contribution in [0.4, 0.5) is 10.1 Å². The van der Waals surface area contributed by atoms with Crippen molar-refractivity contribution in [3.63, 3.8) is 0 Å². The normalized spacial score (nSPS) is 10.8. The predicted octanol–water partition coefficient (Wildman–Crippen LogP) is 3.48. The molecule has 0 saturated heterocycles. The van der Waals surface area contributed by atoms with E-state index in [4.69, 9.17) is 21.9 Å². The molecule has 0 spiro atoms. The van der Waals surface area contributed by atoms with E-state index in [0.29, 0.717) is 16.8 Å². The highest BCUT2D eigenvalue weighted by atomic mass is 35.5. The third kappa shape index (κ3) is 2.53. The molecule has 3 aromatic rings. The monoisotopic (exact) mass is 305 g/mol. The summed E-state index contributed by atoms with van der Waals surface area (Å²) in [6, 6.07) is 8.41. The molecule has 3 N–H and O–H groups in total. The molecular formula is C14H9ClFN3O2. The molecule has 3 rings (SSSR count). The van der Waals surface area contributed by atoms with E-state index >= 15 is 0 Å². The first kappa shape index (κ1) is 13.4. The van der Waals surface area contributed by atoms with Gasteiger partial charge in [-0.1, -0.05) is 16.8 Å². The van der Waals surface area contributed by atoms with Gasteiger partial charge in [0.15, 0.2) is 0 Å². The van der Waals surface area contributed by atoms with E-state index in [1.807, 2.05) is 0 Å². The summed E-state index contributed by atoms with van der Waals surface area (Å²) in [6.45, 7) is 0. The van der Waals surface area contributed by atoms with Gasteiger partial charge in [-0.25, -0.2) is 4.39 Å². The molecule has 0 unspecified atom stereocenters. The lowest BCUT2D eigenvalue weighted by Gasteiger charge is -2.00. The molecule has 21 heavy (non-hydrogen) atoms. The van der Waals surface area contributed by atoms with E-state index < -0.39 is 5.82 Å². The minimum Gasteiger partial charge on any atom is -0.507 e. The minimum atomic E-state index is -0.455. The Hall–Kier alpha value is -2.60. The highest BCUT2D eigenvalue weighted by molar-refractivity contribution is 6.33. The fourth-order valence-corrected chi connectivity index (χ4v) is 2.09. The zero-order valence-corrected chi connectivity index (χ0v) is 11.3. The standard InChI is InChI=1S/C14H9ClFN3O2/c15-11-5-7(16)1-3-9(11)13-18-14(21-19-13)10-4-2-8(17)6-12(10)20/h1-6,20H,17H2. The number of nitrogens with zero attached hydrogens (tertiary/aromatic N) is 2. The second kappa shape index (κ2) is 5.06. The van der Waals surface area contributed by atoms with Gasteiger partial charge < -0.3 is 15.4 Å². The Morgan fingerprint density at radius 2 is 1.90 bits per heavy atom. The second-order valence-corrected chi connectivity index (χ2v) is 4.73. The number of halogens is 2. The van der Waals surface area contributed by atoms with Gasteiger partial charge in [0.25, 0.3) is 5.89 Å². The van der Waals surface area contributed by atoms with E-state index in [2.05, 4.69) is 10.1 Å². The average molecular weight is 306 g/mol. The number of anilines is 1. The van der Waals surface area contributed by atoms with Crippen molar-refractivity contribution in [2.45, 2.75) is 0 Å². The van der Waals surface area contributed by atoms with Gasteiger partial charge in [-0.05, 0) is 30.3 Å². The van der Waals surface area contributed by atoms with E-state index in [9.17, 15) is 9.50 Å². The molecule has 0 bridgehead atoms. The maximum absolute atomic E-state index is 13.0. The summed E-state index contributed by atoms with van der Waals surface area (Å²) in [5, 5.41) is 13.8. The number of aromatic nitrogens is 2. The number of rotatable bonds is 2. The van der Waals surface area contributed by atoms with Gasteiger partial charge in [0, 0.05) is 17.3 Å². The Labute approximate surface area is 123 Å². The van der Waals surface area contributed by atoms with E-state index in [1.165, 1.54) is 18.2 Å². The molecule has 2 aromatic carbocycles. The third-order valence-electron chi connectivity index (χ3n) is 2.85. The average Bonchev–Trinajstić information content (AvgIpc) is 2.87. The van der Waals surface area contributed by atoms with Crippen LogP contribution in [0, 0.1) is 5.82 Å². The zero-order chi connectivity index (χ0) is 15.0. The largest absolute Gasteiger partial charge is 0.507 e. The topological polar surface area (TPSA) is 85.2 Å². The minimum absolute atomic E-state index is 0.0737. The quantitative estimate of drug-likeness (QED) is 0.708. The van der Waals surface area contributed by atoms with Gasteiger partial charge in [-0.2, -0.15) is 4.98 Å². The maximum Gasteiger partial charge on any atom is 0.262 e. The van der Waals surface area contributed by atoms with Crippen LogP contribution in [-0.4, -0.2) is 15.2 Å². The molecule has 1 heterocycles. The Morgan fingerprint density at radius 3 is 2.62 bits per heavy atom. The number of hydrogen-bond acceptors (Lipinski definition) is 5. The van der Waals surface area contributed by atoms with Crippen molar-refractivity contribution in [1.29, 1.82) is 0 Å². The smallest absolute Gasteiger partial charge is 0.262 e. The van der Waals surface area contributed by atoms with Crippen molar-refractivity contribution in [1.82, 2.24) is 10.1 Å². The predicted molar refractivity (Wildman–Crippen MR) is 76.2 cm³/mol.